The number of methoxy groups -OCH3 is 1. The van der Waals surface area contributed by atoms with E-state index in [0.717, 1.165) is 66.9 Å². The Kier molecular flexibility index (Phi) is 6.99. The molecule has 1 amide bonds. The van der Waals surface area contributed by atoms with Crippen LogP contribution < -0.4 is 20.1 Å². The van der Waals surface area contributed by atoms with Crippen molar-refractivity contribution in [2.75, 3.05) is 45.2 Å². The van der Waals surface area contributed by atoms with Crippen molar-refractivity contribution in [3.63, 3.8) is 0 Å². The Bertz CT molecular complexity index is 1250. The minimum Gasteiger partial charge on any atom is -0.481 e. The summed E-state index contributed by atoms with van der Waals surface area (Å²) in [7, 11) is 1.61. The van der Waals surface area contributed by atoms with Gasteiger partial charge in [0.15, 0.2) is 18.2 Å². The van der Waals surface area contributed by atoms with E-state index in [0.29, 0.717) is 34.9 Å². The van der Waals surface area contributed by atoms with E-state index in [1.54, 1.807) is 13.3 Å². The monoisotopic (exact) mass is 496 g/mol. The van der Waals surface area contributed by atoms with Crippen molar-refractivity contribution in [1.29, 1.82) is 0 Å². The highest BCUT2D eigenvalue weighted by molar-refractivity contribution is 6.32. The fourth-order valence-electron chi connectivity index (χ4n) is 4.78. The minimum absolute atomic E-state index is 0.0413. The average molecular weight is 497 g/mol. The molecule has 0 spiro atoms. The van der Waals surface area contributed by atoms with Gasteiger partial charge in [0.25, 0.3) is 5.91 Å². The quantitative estimate of drug-likeness (QED) is 0.491. The number of anilines is 1. The lowest BCUT2D eigenvalue weighted by Crippen LogP contribution is -2.29. The number of rotatable bonds is 8. The van der Waals surface area contributed by atoms with Crippen molar-refractivity contribution in [2.45, 2.75) is 26.3 Å². The molecule has 35 heavy (non-hydrogen) atoms. The zero-order valence-electron chi connectivity index (χ0n) is 19.9. The maximum atomic E-state index is 11.6. The lowest BCUT2D eigenvalue weighted by molar-refractivity contribution is -0.118. The van der Waals surface area contributed by atoms with Crippen LogP contribution in [0.4, 0.5) is 5.82 Å². The number of halogens is 1. The largest absolute Gasteiger partial charge is 0.481 e. The van der Waals surface area contributed by atoms with Gasteiger partial charge in [-0.3, -0.25) is 9.78 Å². The zero-order chi connectivity index (χ0) is 24.4. The molecule has 184 valence electrons. The van der Waals surface area contributed by atoms with Crippen LogP contribution in [0.3, 0.4) is 0 Å². The summed E-state index contributed by atoms with van der Waals surface area (Å²) in [5.74, 6) is 2.14. The maximum absolute atomic E-state index is 11.6. The molecule has 3 aromatic heterocycles. The Hall–Kier alpha value is -3.01. The van der Waals surface area contributed by atoms with Gasteiger partial charge in [-0.25, -0.2) is 9.97 Å². The number of hydrogen-bond donors (Lipinski definition) is 2. The summed E-state index contributed by atoms with van der Waals surface area (Å²) in [6, 6.07) is 5.74. The third kappa shape index (κ3) is 5.32. The second kappa shape index (κ2) is 10.3. The predicted molar refractivity (Wildman–Crippen MR) is 134 cm³/mol. The number of aromatic nitrogens is 3. The van der Waals surface area contributed by atoms with Crippen molar-refractivity contribution < 1.29 is 14.3 Å². The molecule has 2 aliphatic rings. The first kappa shape index (κ1) is 23.7. The molecule has 10 heteroatoms. The summed E-state index contributed by atoms with van der Waals surface area (Å²) in [6.45, 7) is 6.58. The molecule has 2 aliphatic heterocycles. The van der Waals surface area contributed by atoms with Crippen LogP contribution in [-0.2, 0) is 17.8 Å². The number of carbonyl (C=O) groups excluding carboxylic acids is 1. The van der Waals surface area contributed by atoms with Crippen molar-refractivity contribution in [3.05, 3.63) is 46.2 Å². The highest BCUT2D eigenvalue weighted by Gasteiger charge is 2.23. The molecule has 1 fully saturated rings. The Morgan fingerprint density at radius 2 is 2.23 bits per heavy atom. The summed E-state index contributed by atoms with van der Waals surface area (Å²) < 4.78 is 10.8. The molecule has 0 aliphatic carbocycles. The van der Waals surface area contributed by atoms with E-state index in [1.807, 2.05) is 25.1 Å². The molecule has 0 aromatic carbocycles. The Morgan fingerprint density at radius 1 is 1.34 bits per heavy atom. The Balaban J connectivity index is 1.13. The second-order valence-corrected chi connectivity index (χ2v) is 9.49. The van der Waals surface area contributed by atoms with Crippen LogP contribution >= 0.6 is 11.6 Å². The van der Waals surface area contributed by atoms with Crippen LogP contribution in [0.2, 0.25) is 5.02 Å². The number of hydrogen-bond acceptors (Lipinski definition) is 8. The molecule has 5 heterocycles. The Morgan fingerprint density at radius 3 is 3.09 bits per heavy atom. The number of amides is 1. The predicted octanol–water partition coefficient (Wildman–Crippen LogP) is 2.98. The topological polar surface area (TPSA) is 102 Å². The summed E-state index contributed by atoms with van der Waals surface area (Å²) in [4.78, 5) is 27.6. The summed E-state index contributed by atoms with van der Waals surface area (Å²) in [5, 5.41) is 6.97. The zero-order valence-corrected chi connectivity index (χ0v) is 20.7. The van der Waals surface area contributed by atoms with Crippen molar-refractivity contribution >= 4 is 34.4 Å². The highest BCUT2D eigenvalue weighted by Crippen LogP contribution is 2.30. The lowest BCUT2D eigenvalue weighted by atomic mass is 10.1. The van der Waals surface area contributed by atoms with Gasteiger partial charge in [0.2, 0.25) is 5.88 Å². The van der Waals surface area contributed by atoms with Crippen molar-refractivity contribution in [1.82, 2.24) is 25.2 Å². The average Bonchev–Trinajstić information content (AvgIpc) is 3.30. The second-order valence-electron chi connectivity index (χ2n) is 9.09. The molecule has 9 nitrogen and oxygen atoms in total. The number of ether oxygens (including phenoxy) is 2. The van der Waals surface area contributed by atoms with Gasteiger partial charge in [0.05, 0.1) is 28.9 Å². The first-order chi connectivity index (χ1) is 17.0. The highest BCUT2D eigenvalue weighted by atomic mass is 35.5. The van der Waals surface area contributed by atoms with Crippen LogP contribution in [0.15, 0.2) is 24.4 Å². The van der Waals surface area contributed by atoms with Crippen LogP contribution in [0.25, 0.3) is 11.0 Å². The molecule has 0 radical (unpaired) electrons. The number of carbonyl (C=O) groups is 1. The van der Waals surface area contributed by atoms with Gasteiger partial charge in [-0.05, 0) is 56.5 Å². The molecule has 1 saturated heterocycles. The molecular weight excluding hydrogens is 468 g/mol. The van der Waals surface area contributed by atoms with Gasteiger partial charge >= 0.3 is 0 Å². The maximum Gasteiger partial charge on any atom is 0.263 e. The number of nitrogens with one attached hydrogen (secondary N) is 2. The third-order valence-corrected chi connectivity index (χ3v) is 6.88. The van der Waals surface area contributed by atoms with E-state index in [2.05, 4.69) is 30.5 Å². The van der Waals surface area contributed by atoms with Gasteiger partial charge < -0.3 is 25.0 Å². The first-order valence-electron chi connectivity index (χ1n) is 11.8. The van der Waals surface area contributed by atoms with Gasteiger partial charge in [0, 0.05) is 37.5 Å². The van der Waals surface area contributed by atoms with Crippen LogP contribution in [-0.4, -0.2) is 65.7 Å². The van der Waals surface area contributed by atoms with Gasteiger partial charge in [-0.15, -0.1) is 0 Å². The van der Waals surface area contributed by atoms with Crippen LogP contribution in [0.5, 0.6) is 11.6 Å². The minimum atomic E-state index is -0.170. The van der Waals surface area contributed by atoms with Crippen molar-refractivity contribution in [3.8, 4) is 11.6 Å². The molecule has 0 saturated carbocycles. The molecule has 3 aromatic rings. The summed E-state index contributed by atoms with van der Waals surface area (Å²) >= 11 is 6.49. The molecule has 1 atom stereocenters. The number of nitrogens with zero attached hydrogens (tertiary/aromatic N) is 4. The van der Waals surface area contributed by atoms with Crippen LogP contribution in [0.1, 0.15) is 23.2 Å². The van der Waals surface area contributed by atoms with E-state index in [4.69, 9.17) is 21.1 Å². The van der Waals surface area contributed by atoms with E-state index in [1.165, 1.54) is 0 Å². The van der Waals surface area contributed by atoms with E-state index in [-0.39, 0.29) is 12.5 Å². The number of likely N-dealkylation sites (tertiary alicyclic amines) is 1. The van der Waals surface area contributed by atoms with E-state index < -0.39 is 0 Å². The lowest BCUT2D eigenvalue weighted by Gasteiger charge is -2.20. The Labute approximate surface area is 209 Å². The normalized spacial score (nSPS) is 17.8. The number of pyridine rings is 3. The molecule has 1 unspecified atom stereocenters. The molecule has 2 N–H and O–H groups in total. The standard InChI is InChI=1S/C25H29ClN6O3/c1-15-9-17(29-25-24(15)35-14-21(33)30-25)11-27-10-16-5-7-32(13-16)8-6-18-19(26)12-28-20-3-4-22(34-2)31-23(18)20/h3-4,9,12,16,27H,5-8,10-11,13-14H2,1-2H3,(H,29,30,33). The SMILES string of the molecule is COc1ccc2ncc(Cl)c(CCN3CCC(CNCc4cc(C)c5c(n4)NC(=O)CO5)C3)c2n1. The number of aryl methyl sites for hydroxylation is 1. The number of fused-ring (bicyclic) bond motifs is 2. The van der Waals surface area contributed by atoms with Gasteiger partial charge in [-0.1, -0.05) is 11.6 Å². The van der Waals surface area contributed by atoms with E-state index in [9.17, 15) is 4.79 Å². The first-order valence-corrected chi connectivity index (χ1v) is 12.2. The van der Waals surface area contributed by atoms with Crippen molar-refractivity contribution in [2.24, 2.45) is 5.92 Å². The smallest absolute Gasteiger partial charge is 0.263 e. The van der Waals surface area contributed by atoms with Crippen LogP contribution in [0, 0.1) is 12.8 Å². The van der Waals surface area contributed by atoms with E-state index >= 15 is 0 Å². The molecular formula is C25H29ClN6O3. The summed E-state index contributed by atoms with van der Waals surface area (Å²) in [5.41, 5.74) is 4.52. The fraction of sp³-hybridized carbons (Fsp3) is 0.440. The molecule has 5 rings (SSSR count). The molecule has 0 bridgehead atoms. The third-order valence-electron chi connectivity index (χ3n) is 6.55. The van der Waals surface area contributed by atoms with Gasteiger partial charge in [0.1, 0.15) is 0 Å². The summed E-state index contributed by atoms with van der Waals surface area (Å²) in [6.07, 6.45) is 3.66. The fourth-order valence-corrected chi connectivity index (χ4v) is 5.01. The van der Waals surface area contributed by atoms with Gasteiger partial charge in [-0.2, -0.15) is 0 Å².